The number of likely N-dealkylation sites (tertiary alicyclic amines) is 1. The Kier molecular flexibility index (Phi) is 3.84. The molecule has 2 heterocycles. The first-order valence-corrected chi connectivity index (χ1v) is 10.6. The van der Waals surface area contributed by atoms with Gasteiger partial charge in [0.05, 0.1) is 22.7 Å². The Labute approximate surface area is 174 Å². The molecule has 148 valence electrons. The lowest BCUT2D eigenvalue weighted by molar-refractivity contribution is 0.137. The predicted octanol–water partition coefficient (Wildman–Crippen LogP) is 4.29. The second kappa shape index (κ2) is 6.58. The van der Waals surface area contributed by atoms with Crippen LogP contribution in [0.2, 0.25) is 0 Å². The minimum Gasteiger partial charge on any atom is -0.306 e. The van der Waals surface area contributed by atoms with Gasteiger partial charge >= 0.3 is 5.69 Å². The normalized spacial score (nSPS) is 19.5. The Morgan fingerprint density at radius 1 is 1.00 bits per heavy atom. The Bertz CT molecular complexity index is 1380. The van der Waals surface area contributed by atoms with Crippen LogP contribution in [0.25, 0.3) is 21.8 Å². The van der Waals surface area contributed by atoms with Gasteiger partial charge in [-0.05, 0) is 59.4 Å². The van der Waals surface area contributed by atoms with E-state index in [1.807, 2.05) is 34.9 Å². The van der Waals surface area contributed by atoms with Crippen molar-refractivity contribution in [2.24, 2.45) is 0 Å². The number of benzene rings is 3. The van der Waals surface area contributed by atoms with Crippen molar-refractivity contribution in [2.45, 2.75) is 31.3 Å². The molecule has 0 amide bonds. The average Bonchev–Trinajstić information content (AvgIpc) is 3.33. The number of hydrogen-bond acceptors (Lipinski definition) is 3. The molecule has 0 bridgehead atoms. The maximum Gasteiger partial charge on any atom is 0.326 e. The summed E-state index contributed by atoms with van der Waals surface area (Å²) in [7, 11) is 0. The van der Waals surface area contributed by atoms with Crippen LogP contribution in [0.5, 0.6) is 0 Å². The maximum absolute atomic E-state index is 12.6. The standard InChI is InChI=1S/C25H22N4O/c26-15-18-9-8-16-4-3-5-17-14-22(24(18)23(16)17)28-12-10-19(11-13-28)29-21-7-2-1-6-20(21)27-25(29)30/h1-9,19,22H,10-14H2,(H,27,30). The summed E-state index contributed by atoms with van der Waals surface area (Å²) >= 11 is 0. The van der Waals surface area contributed by atoms with Gasteiger partial charge in [0.15, 0.2) is 0 Å². The first-order chi connectivity index (χ1) is 14.7. The molecule has 1 fully saturated rings. The van der Waals surface area contributed by atoms with Crippen molar-refractivity contribution < 1.29 is 0 Å². The fraction of sp³-hybridized carbons (Fsp3) is 0.280. The fourth-order valence-electron chi connectivity index (χ4n) is 5.61. The van der Waals surface area contributed by atoms with Gasteiger partial charge in [-0.15, -0.1) is 0 Å². The zero-order chi connectivity index (χ0) is 20.2. The number of hydrogen-bond donors (Lipinski definition) is 1. The molecular weight excluding hydrogens is 372 g/mol. The van der Waals surface area contributed by atoms with Crippen LogP contribution in [0.4, 0.5) is 0 Å². The lowest BCUT2D eigenvalue weighted by Crippen LogP contribution is -2.39. The number of aromatic nitrogens is 2. The van der Waals surface area contributed by atoms with Crippen LogP contribution < -0.4 is 5.69 Å². The Morgan fingerprint density at radius 3 is 2.67 bits per heavy atom. The molecule has 1 saturated heterocycles. The summed E-state index contributed by atoms with van der Waals surface area (Å²) in [5.74, 6) is 0. The molecule has 0 saturated carbocycles. The molecule has 1 aromatic heterocycles. The summed E-state index contributed by atoms with van der Waals surface area (Å²) in [5, 5.41) is 12.2. The third-order valence-corrected chi connectivity index (χ3v) is 6.97. The van der Waals surface area contributed by atoms with Gasteiger partial charge in [0.25, 0.3) is 0 Å². The topological polar surface area (TPSA) is 64.8 Å². The molecule has 2 aliphatic rings. The van der Waals surface area contributed by atoms with E-state index in [2.05, 4.69) is 40.2 Å². The lowest BCUT2D eigenvalue weighted by Gasteiger charge is -2.37. The molecule has 0 spiro atoms. The summed E-state index contributed by atoms with van der Waals surface area (Å²) in [6.07, 6.45) is 2.84. The summed E-state index contributed by atoms with van der Waals surface area (Å²) < 4.78 is 1.94. The third kappa shape index (κ3) is 2.47. The molecule has 4 aromatic rings. The molecule has 1 N–H and O–H groups in total. The quantitative estimate of drug-likeness (QED) is 0.552. The highest BCUT2D eigenvalue weighted by Gasteiger charge is 2.34. The van der Waals surface area contributed by atoms with E-state index in [0.717, 1.165) is 48.9 Å². The van der Waals surface area contributed by atoms with E-state index < -0.39 is 0 Å². The smallest absolute Gasteiger partial charge is 0.306 e. The largest absolute Gasteiger partial charge is 0.326 e. The SMILES string of the molecule is N#Cc1ccc2cccc3c2c1C(N1CCC(n2c(=O)[nH]c4ccccc42)CC1)C3. The Balaban J connectivity index is 1.31. The number of nitrogens with one attached hydrogen (secondary N) is 1. The third-order valence-electron chi connectivity index (χ3n) is 6.97. The summed E-state index contributed by atoms with van der Waals surface area (Å²) in [6, 6.07) is 21.3. The molecule has 5 nitrogen and oxygen atoms in total. The van der Waals surface area contributed by atoms with Gasteiger partial charge in [-0.2, -0.15) is 5.26 Å². The number of fused-ring (bicyclic) bond motifs is 1. The highest BCUT2D eigenvalue weighted by atomic mass is 16.1. The van der Waals surface area contributed by atoms with Crippen LogP contribution in [0.3, 0.4) is 0 Å². The van der Waals surface area contributed by atoms with Gasteiger partial charge < -0.3 is 4.98 Å². The highest BCUT2D eigenvalue weighted by Crippen LogP contribution is 2.43. The van der Waals surface area contributed by atoms with Crippen molar-refractivity contribution in [2.75, 3.05) is 13.1 Å². The number of nitrogens with zero attached hydrogens (tertiary/aromatic N) is 3. The first-order valence-electron chi connectivity index (χ1n) is 10.6. The maximum atomic E-state index is 12.6. The lowest BCUT2D eigenvalue weighted by atomic mass is 9.96. The Morgan fingerprint density at radius 2 is 1.83 bits per heavy atom. The van der Waals surface area contributed by atoms with Crippen LogP contribution in [-0.2, 0) is 6.42 Å². The van der Waals surface area contributed by atoms with Gasteiger partial charge in [0.2, 0.25) is 0 Å². The van der Waals surface area contributed by atoms with Gasteiger partial charge in [-0.1, -0.05) is 36.4 Å². The molecule has 6 rings (SSSR count). The van der Waals surface area contributed by atoms with E-state index in [-0.39, 0.29) is 17.8 Å². The first kappa shape index (κ1) is 17.5. The molecule has 1 aliphatic heterocycles. The zero-order valence-electron chi connectivity index (χ0n) is 16.6. The monoisotopic (exact) mass is 394 g/mol. The van der Waals surface area contributed by atoms with Crippen molar-refractivity contribution in [1.82, 2.24) is 14.5 Å². The van der Waals surface area contributed by atoms with Crippen LogP contribution in [0.1, 0.15) is 41.6 Å². The van der Waals surface area contributed by atoms with E-state index in [9.17, 15) is 10.1 Å². The van der Waals surface area contributed by atoms with Gasteiger partial charge in [-0.3, -0.25) is 9.47 Å². The summed E-state index contributed by atoms with van der Waals surface area (Å²) in [6.45, 7) is 1.85. The number of piperidine rings is 1. The average molecular weight is 394 g/mol. The number of H-pyrrole nitrogens is 1. The van der Waals surface area contributed by atoms with Crippen molar-refractivity contribution in [1.29, 1.82) is 5.26 Å². The molecular formula is C25H22N4O. The highest BCUT2D eigenvalue weighted by molar-refractivity contribution is 5.93. The van der Waals surface area contributed by atoms with Crippen molar-refractivity contribution in [3.8, 4) is 6.07 Å². The van der Waals surface area contributed by atoms with Crippen molar-refractivity contribution in [3.05, 3.63) is 81.8 Å². The fourth-order valence-corrected chi connectivity index (χ4v) is 5.61. The van der Waals surface area contributed by atoms with Crippen LogP contribution in [-0.4, -0.2) is 27.5 Å². The van der Waals surface area contributed by atoms with Gasteiger partial charge in [0.1, 0.15) is 0 Å². The minimum atomic E-state index is -0.0144. The molecule has 0 radical (unpaired) electrons. The molecule has 1 atom stereocenters. The number of imidazole rings is 1. The van der Waals surface area contributed by atoms with E-state index in [0.29, 0.717) is 0 Å². The van der Waals surface area contributed by atoms with Crippen LogP contribution in [0.15, 0.2) is 59.4 Å². The van der Waals surface area contributed by atoms with Crippen molar-refractivity contribution >= 4 is 21.8 Å². The van der Waals surface area contributed by atoms with Crippen LogP contribution in [0, 0.1) is 11.3 Å². The molecule has 5 heteroatoms. The van der Waals surface area contributed by atoms with E-state index in [1.54, 1.807) is 0 Å². The second-order valence-electron chi connectivity index (χ2n) is 8.46. The summed E-state index contributed by atoms with van der Waals surface area (Å²) in [5.41, 5.74) is 5.23. The number of nitriles is 1. The van der Waals surface area contributed by atoms with Gasteiger partial charge in [0, 0.05) is 25.2 Å². The zero-order valence-corrected chi connectivity index (χ0v) is 16.6. The van der Waals surface area contributed by atoms with Crippen LogP contribution >= 0.6 is 0 Å². The molecule has 1 unspecified atom stereocenters. The molecule has 3 aromatic carbocycles. The number of para-hydroxylation sites is 2. The van der Waals surface area contributed by atoms with Gasteiger partial charge in [-0.25, -0.2) is 4.79 Å². The minimum absolute atomic E-state index is 0.0144. The number of aromatic amines is 1. The van der Waals surface area contributed by atoms with Crippen molar-refractivity contribution in [3.63, 3.8) is 0 Å². The predicted molar refractivity (Wildman–Crippen MR) is 118 cm³/mol. The molecule has 30 heavy (non-hydrogen) atoms. The molecule has 1 aliphatic carbocycles. The van der Waals surface area contributed by atoms with E-state index in [1.165, 1.54) is 21.9 Å². The Hall–Kier alpha value is -3.36. The number of rotatable bonds is 2. The second-order valence-corrected chi connectivity index (χ2v) is 8.46. The van der Waals surface area contributed by atoms with E-state index >= 15 is 0 Å². The summed E-state index contributed by atoms with van der Waals surface area (Å²) in [4.78, 5) is 18.1. The van der Waals surface area contributed by atoms with E-state index in [4.69, 9.17) is 0 Å².